The molecule has 1 amide bonds. The summed E-state index contributed by atoms with van der Waals surface area (Å²) < 4.78 is 0. The predicted molar refractivity (Wildman–Crippen MR) is 86.3 cm³/mol. The van der Waals surface area contributed by atoms with Gasteiger partial charge in [-0.05, 0) is 36.0 Å². The lowest BCUT2D eigenvalue weighted by Gasteiger charge is -2.27. The maximum Gasteiger partial charge on any atom is 0.256 e. The minimum absolute atomic E-state index is 0.0467. The number of allylic oxidation sites excluding steroid dienone is 1. The molecule has 2 aromatic carbocycles. The highest BCUT2D eigenvalue weighted by atomic mass is 16.3. The van der Waals surface area contributed by atoms with Crippen LogP contribution >= 0.6 is 0 Å². The highest BCUT2D eigenvalue weighted by Crippen LogP contribution is 2.37. The van der Waals surface area contributed by atoms with Crippen molar-refractivity contribution in [3.63, 3.8) is 0 Å². The Labute approximate surface area is 129 Å². The molecule has 1 heterocycles. The molecule has 0 fully saturated rings. The second kappa shape index (κ2) is 5.11. The van der Waals surface area contributed by atoms with Crippen molar-refractivity contribution in [3.05, 3.63) is 71.3 Å². The molecule has 1 aliphatic carbocycles. The van der Waals surface area contributed by atoms with Crippen molar-refractivity contribution in [2.45, 2.75) is 18.9 Å². The largest absolute Gasteiger partial charge is 0.388 e. The van der Waals surface area contributed by atoms with Crippen LogP contribution in [0.1, 0.15) is 29.2 Å². The molecule has 0 radical (unpaired) electrons. The van der Waals surface area contributed by atoms with E-state index in [1.165, 1.54) is 5.56 Å². The Morgan fingerprint density at radius 3 is 2.77 bits per heavy atom. The van der Waals surface area contributed by atoms with Crippen LogP contribution in [0.25, 0.3) is 5.57 Å². The van der Waals surface area contributed by atoms with E-state index in [-0.39, 0.29) is 11.8 Å². The third-order valence-corrected chi connectivity index (χ3v) is 4.53. The third-order valence-electron chi connectivity index (χ3n) is 4.53. The number of aliphatic hydroxyl groups excluding tert-OH is 1. The van der Waals surface area contributed by atoms with E-state index in [1.54, 1.807) is 0 Å². The second-order valence-electron chi connectivity index (χ2n) is 5.99. The summed E-state index contributed by atoms with van der Waals surface area (Å²) in [5.41, 5.74) is 4.76. The lowest BCUT2D eigenvalue weighted by Crippen LogP contribution is -2.18. The first-order valence-corrected chi connectivity index (χ1v) is 7.61. The van der Waals surface area contributed by atoms with Gasteiger partial charge in [0, 0.05) is 16.8 Å². The van der Waals surface area contributed by atoms with E-state index < -0.39 is 6.10 Å². The van der Waals surface area contributed by atoms with E-state index >= 15 is 0 Å². The van der Waals surface area contributed by atoms with Crippen molar-refractivity contribution >= 4 is 17.2 Å². The van der Waals surface area contributed by atoms with Crippen LogP contribution in [0.15, 0.2) is 54.6 Å². The van der Waals surface area contributed by atoms with Crippen LogP contribution in [0.3, 0.4) is 0 Å². The van der Waals surface area contributed by atoms with E-state index in [1.807, 2.05) is 48.5 Å². The lowest BCUT2D eigenvalue weighted by atomic mass is 9.81. The summed E-state index contributed by atoms with van der Waals surface area (Å²) in [5.74, 6) is 0.131. The van der Waals surface area contributed by atoms with Crippen LogP contribution in [0.5, 0.6) is 0 Å². The van der Waals surface area contributed by atoms with Crippen molar-refractivity contribution in [3.8, 4) is 0 Å². The number of anilines is 1. The minimum Gasteiger partial charge on any atom is -0.388 e. The molecular weight excluding hydrogens is 274 g/mol. The summed E-state index contributed by atoms with van der Waals surface area (Å²) in [5, 5.41) is 13.2. The zero-order valence-corrected chi connectivity index (χ0v) is 12.1. The Bertz CT molecular complexity index is 779. The fourth-order valence-corrected chi connectivity index (χ4v) is 3.49. The molecule has 0 aromatic heterocycles. The Morgan fingerprint density at radius 1 is 1.09 bits per heavy atom. The molecule has 1 aliphatic heterocycles. The molecule has 110 valence electrons. The molecule has 22 heavy (non-hydrogen) atoms. The number of amides is 1. The van der Waals surface area contributed by atoms with Crippen LogP contribution in [0.4, 0.5) is 5.69 Å². The van der Waals surface area contributed by atoms with Gasteiger partial charge in [0.25, 0.3) is 5.91 Å². The highest BCUT2D eigenvalue weighted by molar-refractivity contribution is 6.31. The number of para-hydroxylation sites is 1. The Hall–Kier alpha value is -2.39. The smallest absolute Gasteiger partial charge is 0.256 e. The van der Waals surface area contributed by atoms with Crippen LogP contribution in [0.2, 0.25) is 0 Å². The SMILES string of the molecule is O=C1Nc2ccccc2C1=CC1Cc2ccccc2C(O)C1. The zero-order valence-electron chi connectivity index (χ0n) is 12.1. The lowest BCUT2D eigenvalue weighted by molar-refractivity contribution is -0.110. The van der Waals surface area contributed by atoms with Crippen LogP contribution < -0.4 is 5.32 Å². The van der Waals surface area contributed by atoms with Gasteiger partial charge in [-0.3, -0.25) is 4.79 Å². The molecule has 2 N–H and O–H groups in total. The van der Waals surface area contributed by atoms with Gasteiger partial charge in [-0.1, -0.05) is 48.5 Å². The van der Waals surface area contributed by atoms with Crippen molar-refractivity contribution in [1.82, 2.24) is 0 Å². The normalized spacial score (nSPS) is 24.8. The number of rotatable bonds is 1. The average Bonchev–Trinajstić information content (AvgIpc) is 2.84. The fourth-order valence-electron chi connectivity index (χ4n) is 3.49. The molecule has 3 heteroatoms. The van der Waals surface area contributed by atoms with Crippen LogP contribution in [0, 0.1) is 5.92 Å². The van der Waals surface area contributed by atoms with Gasteiger partial charge in [-0.15, -0.1) is 0 Å². The molecule has 3 nitrogen and oxygen atoms in total. The summed E-state index contributed by atoms with van der Waals surface area (Å²) in [6.45, 7) is 0. The van der Waals surface area contributed by atoms with Crippen molar-refractivity contribution in [2.24, 2.45) is 5.92 Å². The van der Waals surface area contributed by atoms with Gasteiger partial charge in [0.1, 0.15) is 0 Å². The molecule has 0 bridgehead atoms. The fraction of sp³-hybridized carbons (Fsp3) is 0.211. The maximum atomic E-state index is 12.2. The van der Waals surface area contributed by atoms with Gasteiger partial charge in [0.05, 0.1) is 6.10 Å². The van der Waals surface area contributed by atoms with Gasteiger partial charge in [0.2, 0.25) is 0 Å². The molecule has 0 saturated carbocycles. The molecule has 2 aliphatic rings. The first-order chi connectivity index (χ1) is 10.7. The van der Waals surface area contributed by atoms with Gasteiger partial charge in [0.15, 0.2) is 0 Å². The number of fused-ring (bicyclic) bond motifs is 2. The van der Waals surface area contributed by atoms with Gasteiger partial charge >= 0.3 is 0 Å². The third kappa shape index (κ3) is 2.14. The minimum atomic E-state index is -0.452. The number of aliphatic hydroxyl groups is 1. The highest BCUT2D eigenvalue weighted by Gasteiger charge is 2.28. The molecule has 4 rings (SSSR count). The summed E-state index contributed by atoms with van der Waals surface area (Å²) in [6, 6.07) is 15.7. The molecule has 2 aromatic rings. The van der Waals surface area contributed by atoms with Crippen LogP contribution in [-0.4, -0.2) is 11.0 Å². The van der Waals surface area contributed by atoms with Crippen molar-refractivity contribution < 1.29 is 9.90 Å². The number of benzene rings is 2. The van der Waals surface area contributed by atoms with E-state index in [0.717, 1.165) is 28.8 Å². The quantitative estimate of drug-likeness (QED) is 0.792. The summed E-state index contributed by atoms with van der Waals surface area (Å²) in [7, 11) is 0. The van der Waals surface area contributed by atoms with E-state index in [9.17, 15) is 9.90 Å². The Balaban J connectivity index is 1.69. The number of carbonyl (C=O) groups excluding carboxylic acids is 1. The van der Waals surface area contributed by atoms with E-state index in [0.29, 0.717) is 6.42 Å². The van der Waals surface area contributed by atoms with E-state index in [2.05, 4.69) is 11.4 Å². The van der Waals surface area contributed by atoms with Gasteiger partial charge < -0.3 is 10.4 Å². The van der Waals surface area contributed by atoms with Gasteiger partial charge in [-0.25, -0.2) is 0 Å². The molecule has 0 spiro atoms. The van der Waals surface area contributed by atoms with E-state index in [4.69, 9.17) is 0 Å². The Kier molecular flexibility index (Phi) is 3.09. The summed E-state index contributed by atoms with van der Waals surface area (Å²) in [6.07, 6.45) is 3.11. The number of carbonyl (C=O) groups is 1. The molecule has 0 saturated heterocycles. The number of hydrogen-bond donors (Lipinski definition) is 2. The first-order valence-electron chi connectivity index (χ1n) is 7.61. The zero-order chi connectivity index (χ0) is 15.1. The summed E-state index contributed by atoms with van der Waals surface area (Å²) >= 11 is 0. The number of hydrogen-bond acceptors (Lipinski definition) is 2. The van der Waals surface area contributed by atoms with Crippen LogP contribution in [-0.2, 0) is 11.2 Å². The Morgan fingerprint density at radius 2 is 1.86 bits per heavy atom. The number of nitrogens with one attached hydrogen (secondary N) is 1. The first kappa shape index (κ1) is 13.3. The molecular formula is C19H17NO2. The standard InChI is InChI=1S/C19H17NO2/c21-18-11-12(9-13-5-1-2-6-14(13)18)10-16-15-7-3-4-8-17(15)20-19(16)22/h1-8,10,12,18,21H,9,11H2,(H,20,22). The molecule has 2 atom stereocenters. The second-order valence-corrected chi connectivity index (χ2v) is 5.99. The maximum absolute atomic E-state index is 12.2. The molecule has 2 unspecified atom stereocenters. The van der Waals surface area contributed by atoms with Crippen molar-refractivity contribution in [2.75, 3.05) is 5.32 Å². The van der Waals surface area contributed by atoms with Gasteiger partial charge in [-0.2, -0.15) is 0 Å². The summed E-state index contributed by atoms with van der Waals surface area (Å²) in [4.78, 5) is 12.2. The topological polar surface area (TPSA) is 49.3 Å². The predicted octanol–water partition coefficient (Wildman–Crippen LogP) is 3.32. The average molecular weight is 291 g/mol. The van der Waals surface area contributed by atoms with Crippen molar-refractivity contribution in [1.29, 1.82) is 0 Å². The monoisotopic (exact) mass is 291 g/mol.